The quantitative estimate of drug-likeness (QED) is 0.905. The van der Waals surface area contributed by atoms with Crippen LogP contribution in [0.25, 0.3) is 0 Å². The van der Waals surface area contributed by atoms with Crippen molar-refractivity contribution in [2.45, 2.75) is 33.4 Å². The van der Waals surface area contributed by atoms with E-state index >= 15 is 0 Å². The second kappa shape index (κ2) is 6.17. The van der Waals surface area contributed by atoms with Gasteiger partial charge in [-0.05, 0) is 39.4 Å². The van der Waals surface area contributed by atoms with E-state index in [4.69, 9.17) is 4.74 Å². The number of aromatic nitrogens is 1. The first kappa shape index (κ1) is 14.0. The van der Waals surface area contributed by atoms with E-state index in [1.807, 2.05) is 19.4 Å². The number of rotatable bonds is 5. The van der Waals surface area contributed by atoms with E-state index in [1.54, 1.807) is 11.3 Å². The van der Waals surface area contributed by atoms with Crippen molar-refractivity contribution >= 4 is 11.3 Å². The number of aryl methyl sites for hydroxylation is 2. The fourth-order valence-electron chi connectivity index (χ4n) is 1.89. The third-order valence-electron chi connectivity index (χ3n) is 3.09. The van der Waals surface area contributed by atoms with Gasteiger partial charge in [0, 0.05) is 22.7 Å². The number of thiazole rings is 1. The van der Waals surface area contributed by atoms with Crippen LogP contribution in [0.2, 0.25) is 0 Å². The summed E-state index contributed by atoms with van der Waals surface area (Å²) in [5.41, 5.74) is 3.44. The van der Waals surface area contributed by atoms with Crippen LogP contribution < -0.4 is 10.1 Å². The molecule has 0 aliphatic rings. The maximum atomic E-state index is 5.95. The smallest absolute Gasteiger partial charge is 0.140 e. The van der Waals surface area contributed by atoms with E-state index in [1.165, 1.54) is 11.1 Å². The summed E-state index contributed by atoms with van der Waals surface area (Å²) in [4.78, 5) is 4.42. The lowest BCUT2D eigenvalue weighted by Gasteiger charge is -2.16. The van der Waals surface area contributed by atoms with Crippen molar-refractivity contribution in [1.29, 1.82) is 0 Å². The van der Waals surface area contributed by atoms with Crippen LogP contribution in [0.5, 0.6) is 5.75 Å². The summed E-state index contributed by atoms with van der Waals surface area (Å²) in [6, 6.07) is 6.60. The minimum Gasteiger partial charge on any atom is -0.486 e. The van der Waals surface area contributed by atoms with Crippen molar-refractivity contribution in [3.8, 4) is 5.75 Å². The Morgan fingerprint density at radius 3 is 2.79 bits per heavy atom. The molecule has 0 fully saturated rings. The fourth-order valence-corrected chi connectivity index (χ4v) is 2.57. The molecule has 1 N–H and O–H groups in total. The lowest BCUT2D eigenvalue weighted by atomic mass is 10.1. The molecule has 4 heteroatoms. The molecule has 3 nitrogen and oxygen atoms in total. The van der Waals surface area contributed by atoms with E-state index in [9.17, 15) is 0 Å². The maximum Gasteiger partial charge on any atom is 0.140 e. The van der Waals surface area contributed by atoms with Crippen molar-refractivity contribution in [3.05, 3.63) is 45.4 Å². The molecule has 1 atom stereocenters. The number of ether oxygens (including phenoxy) is 1. The van der Waals surface area contributed by atoms with Gasteiger partial charge in [-0.2, -0.15) is 0 Å². The van der Waals surface area contributed by atoms with Crippen LogP contribution in [0.15, 0.2) is 23.6 Å². The van der Waals surface area contributed by atoms with E-state index in [2.05, 4.69) is 42.3 Å². The predicted molar refractivity (Wildman–Crippen MR) is 79.8 cm³/mol. The van der Waals surface area contributed by atoms with Crippen LogP contribution >= 0.6 is 11.3 Å². The molecular weight excluding hydrogens is 256 g/mol. The Kier molecular flexibility index (Phi) is 4.56. The van der Waals surface area contributed by atoms with Gasteiger partial charge in [0.15, 0.2) is 0 Å². The lowest BCUT2D eigenvalue weighted by Crippen LogP contribution is -2.13. The third-order valence-corrected chi connectivity index (χ3v) is 4.03. The molecular formula is C15H20N2OS. The Labute approximate surface area is 118 Å². The highest BCUT2D eigenvalue weighted by molar-refractivity contribution is 7.09. The van der Waals surface area contributed by atoms with E-state index < -0.39 is 0 Å². The highest BCUT2D eigenvalue weighted by atomic mass is 32.1. The topological polar surface area (TPSA) is 34.1 Å². The predicted octanol–water partition coefficient (Wildman–Crippen LogP) is 3.62. The number of hydrogen-bond acceptors (Lipinski definition) is 4. The second-order valence-corrected chi connectivity index (χ2v) is 5.67. The summed E-state index contributed by atoms with van der Waals surface area (Å²) in [7, 11) is 1.96. The first-order valence-electron chi connectivity index (χ1n) is 6.41. The summed E-state index contributed by atoms with van der Waals surface area (Å²) in [6.45, 7) is 6.74. The second-order valence-electron chi connectivity index (χ2n) is 4.72. The molecule has 1 aromatic carbocycles. The summed E-state index contributed by atoms with van der Waals surface area (Å²) in [5, 5.41) is 6.31. The van der Waals surface area contributed by atoms with Gasteiger partial charge in [-0.1, -0.05) is 12.1 Å². The molecule has 2 rings (SSSR count). The zero-order chi connectivity index (χ0) is 13.8. The first-order valence-corrected chi connectivity index (χ1v) is 7.29. The number of hydrogen-bond donors (Lipinski definition) is 1. The Balaban J connectivity index is 2.16. The van der Waals surface area contributed by atoms with Crippen LogP contribution in [-0.2, 0) is 6.61 Å². The molecule has 1 aromatic heterocycles. The normalized spacial score (nSPS) is 12.4. The summed E-state index contributed by atoms with van der Waals surface area (Å²) in [5.74, 6) is 0.940. The van der Waals surface area contributed by atoms with Crippen molar-refractivity contribution < 1.29 is 4.74 Å². The summed E-state index contributed by atoms with van der Waals surface area (Å²) >= 11 is 1.64. The van der Waals surface area contributed by atoms with Gasteiger partial charge in [0.25, 0.3) is 0 Å². The fraction of sp³-hybridized carbons (Fsp3) is 0.400. The summed E-state index contributed by atoms with van der Waals surface area (Å²) in [6.07, 6.45) is 0. The number of nitrogens with zero attached hydrogens (tertiary/aromatic N) is 1. The SMILES string of the molecule is CNC(C)c1ccc(C)cc1OCc1nc(C)cs1. The monoisotopic (exact) mass is 276 g/mol. The highest BCUT2D eigenvalue weighted by Gasteiger charge is 2.11. The number of nitrogens with one attached hydrogen (secondary N) is 1. The standard InChI is InChI=1S/C15H20N2OS/c1-10-5-6-13(12(3)16-4)14(7-10)18-8-15-17-11(2)9-19-15/h5-7,9,12,16H,8H2,1-4H3. The molecule has 19 heavy (non-hydrogen) atoms. The zero-order valence-corrected chi connectivity index (χ0v) is 12.7. The van der Waals surface area contributed by atoms with Gasteiger partial charge in [-0.25, -0.2) is 4.98 Å². The van der Waals surface area contributed by atoms with Crippen molar-refractivity contribution in [2.24, 2.45) is 0 Å². The largest absolute Gasteiger partial charge is 0.486 e. The van der Waals surface area contributed by atoms with Gasteiger partial charge in [-0.3, -0.25) is 0 Å². The Morgan fingerprint density at radius 2 is 2.16 bits per heavy atom. The molecule has 0 aliphatic carbocycles. The van der Waals surface area contributed by atoms with Crippen molar-refractivity contribution in [2.75, 3.05) is 7.05 Å². The molecule has 1 heterocycles. The summed E-state index contributed by atoms with van der Waals surface area (Å²) < 4.78 is 5.95. The van der Waals surface area contributed by atoms with Crippen LogP contribution in [0.3, 0.4) is 0 Å². The Bertz CT molecular complexity index is 551. The molecule has 0 amide bonds. The molecule has 0 radical (unpaired) electrons. The van der Waals surface area contributed by atoms with Crippen molar-refractivity contribution in [3.63, 3.8) is 0 Å². The van der Waals surface area contributed by atoms with Crippen molar-refractivity contribution in [1.82, 2.24) is 10.3 Å². The van der Waals surface area contributed by atoms with Crippen LogP contribution in [0, 0.1) is 13.8 Å². The van der Waals surface area contributed by atoms with Gasteiger partial charge >= 0.3 is 0 Å². The van der Waals surface area contributed by atoms with Gasteiger partial charge in [-0.15, -0.1) is 11.3 Å². The Morgan fingerprint density at radius 1 is 1.37 bits per heavy atom. The molecule has 102 valence electrons. The lowest BCUT2D eigenvalue weighted by molar-refractivity contribution is 0.299. The third kappa shape index (κ3) is 3.55. The van der Waals surface area contributed by atoms with E-state index in [0.717, 1.165) is 16.5 Å². The minimum atomic E-state index is 0.272. The highest BCUT2D eigenvalue weighted by Crippen LogP contribution is 2.27. The Hall–Kier alpha value is -1.39. The molecule has 0 bridgehead atoms. The maximum absolute atomic E-state index is 5.95. The van der Waals surface area contributed by atoms with Gasteiger partial charge < -0.3 is 10.1 Å². The average Bonchev–Trinajstić information content (AvgIpc) is 2.81. The zero-order valence-electron chi connectivity index (χ0n) is 11.9. The minimum absolute atomic E-state index is 0.272. The number of benzene rings is 1. The van der Waals surface area contributed by atoms with Gasteiger partial charge in [0.1, 0.15) is 17.4 Å². The van der Waals surface area contributed by atoms with Gasteiger partial charge in [0.05, 0.1) is 0 Å². The van der Waals surface area contributed by atoms with Gasteiger partial charge in [0.2, 0.25) is 0 Å². The van der Waals surface area contributed by atoms with Crippen LogP contribution in [-0.4, -0.2) is 12.0 Å². The van der Waals surface area contributed by atoms with Crippen LogP contribution in [0.4, 0.5) is 0 Å². The van der Waals surface area contributed by atoms with Crippen LogP contribution in [0.1, 0.15) is 34.8 Å². The molecule has 1 unspecified atom stereocenters. The van der Waals surface area contributed by atoms with E-state index in [-0.39, 0.29) is 6.04 Å². The molecule has 2 aromatic rings. The molecule has 0 saturated heterocycles. The molecule has 0 aliphatic heterocycles. The molecule has 0 saturated carbocycles. The van der Waals surface area contributed by atoms with E-state index in [0.29, 0.717) is 6.61 Å². The average molecular weight is 276 g/mol. The molecule has 0 spiro atoms. The first-order chi connectivity index (χ1) is 9.10.